The van der Waals surface area contributed by atoms with Gasteiger partial charge in [0.05, 0.1) is 11.4 Å². The predicted octanol–water partition coefficient (Wildman–Crippen LogP) is 2.06. The molecule has 19 heavy (non-hydrogen) atoms. The van der Waals surface area contributed by atoms with Crippen molar-refractivity contribution >= 4 is 17.3 Å². The van der Waals surface area contributed by atoms with Crippen LogP contribution in [0.25, 0.3) is 0 Å². The van der Waals surface area contributed by atoms with Crippen LogP contribution in [0.4, 0.5) is 11.4 Å². The minimum atomic E-state index is 0.0153. The number of nitrogen functional groups attached to an aromatic ring is 1. The minimum Gasteiger partial charge on any atom is -0.397 e. The summed E-state index contributed by atoms with van der Waals surface area (Å²) in [5.74, 6) is 1.33. The fraction of sp³-hybridized carbons (Fsp3) is 0.533. The molecule has 4 heteroatoms. The van der Waals surface area contributed by atoms with Crippen LogP contribution in [-0.4, -0.2) is 38.0 Å². The highest BCUT2D eigenvalue weighted by atomic mass is 16.2. The van der Waals surface area contributed by atoms with Gasteiger partial charge in [-0.3, -0.25) is 4.79 Å². The molecule has 0 spiro atoms. The van der Waals surface area contributed by atoms with Gasteiger partial charge in [-0.2, -0.15) is 0 Å². The highest BCUT2D eigenvalue weighted by molar-refractivity contribution is 5.96. The Morgan fingerprint density at radius 3 is 2.37 bits per heavy atom. The van der Waals surface area contributed by atoms with Crippen molar-refractivity contribution in [2.45, 2.75) is 13.8 Å². The smallest absolute Gasteiger partial charge is 0.253 e. The third-order valence-electron chi connectivity index (χ3n) is 4.01. The first-order valence-corrected chi connectivity index (χ1v) is 6.76. The molecule has 1 aliphatic rings. The van der Waals surface area contributed by atoms with Crippen molar-refractivity contribution in [1.29, 1.82) is 0 Å². The zero-order valence-electron chi connectivity index (χ0n) is 12.2. The monoisotopic (exact) mass is 261 g/mol. The lowest BCUT2D eigenvalue weighted by Crippen LogP contribution is -2.24. The van der Waals surface area contributed by atoms with Crippen LogP contribution in [0.3, 0.4) is 0 Å². The van der Waals surface area contributed by atoms with Crippen LogP contribution >= 0.6 is 0 Å². The van der Waals surface area contributed by atoms with Crippen LogP contribution in [0, 0.1) is 11.8 Å². The Bertz CT molecular complexity index is 474. The van der Waals surface area contributed by atoms with Crippen molar-refractivity contribution in [2.75, 3.05) is 37.8 Å². The molecule has 1 heterocycles. The van der Waals surface area contributed by atoms with Crippen LogP contribution in [-0.2, 0) is 0 Å². The average molecular weight is 261 g/mol. The summed E-state index contributed by atoms with van der Waals surface area (Å²) in [6.45, 7) is 6.53. The Balaban J connectivity index is 2.30. The number of nitrogens with zero attached hydrogens (tertiary/aromatic N) is 2. The van der Waals surface area contributed by atoms with Crippen molar-refractivity contribution in [3.05, 3.63) is 23.8 Å². The van der Waals surface area contributed by atoms with E-state index in [9.17, 15) is 4.79 Å². The van der Waals surface area contributed by atoms with E-state index in [0.717, 1.165) is 24.5 Å². The topological polar surface area (TPSA) is 49.6 Å². The third kappa shape index (κ3) is 2.67. The Morgan fingerprint density at radius 2 is 1.84 bits per heavy atom. The van der Waals surface area contributed by atoms with E-state index in [-0.39, 0.29) is 5.91 Å². The van der Waals surface area contributed by atoms with Crippen LogP contribution in [0.2, 0.25) is 0 Å². The Labute approximate surface area is 115 Å². The lowest BCUT2D eigenvalue weighted by molar-refractivity contribution is 0.0827. The number of carbonyl (C=O) groups is 1. The zero-order chi connectivity index (χ0) is 14.2. The number of hydrogen-bond donors (Lipinski definition) is 1. The van der Waals surface area contributed by atoms with Gasteiger partial charge in [-0.05, 0) is 30.0 Å². The van der Waals surface area contributed by atoms with Crippen LogP contribution in [0.15, 0.2) is 18.2 Å². The lowest BCUT2D eigenvalue weighted by atomic mass is 10.0. The second kappa shape index (κ2) is 5.11. The van der Waals surface area contributed by atoms with Gasteiger partial charge in [-0.1, -0.05) is 13.8 Å². The fourth-order valence-electron chi connectivity index (χ4n) is 2.54. The Hall–Kier alpha value is -1.71. The van der Waals surface area contributed by atoms with Gasteiger partial charge in [-0.15, -0.1) is 0 Å². The molecule has 2 rings (SSSR count). The van der Waals surface area contributed by atoms with Crippen LogP contribution in [0.1, 0.15) is 24.2 Å². The molecular weight excluding hydrogens is 238 g/mol. The zero-order valence-corrected chi connectivity index (χ0v) is 12.2. The van der Waals surface area contributed by atoms with E-state index in [0.29, 0.717) is 17.4 Å². The number of anilines is 2. The van der Waals surface area contributed by atoms with E-state index in [2.05, 4.69) is 18.7 Å². The molecule has 1 aromatic carbocycles. The van der Waals surface area contributed by atoms with Crippen molar-refractivity contribution in [1.82, 2.24) is 4.90 Å². The van der Waals surface area contributed by atoms with Gasteiger partial charge in [0.2, 0.25) is 0 Å². The van der Waals surface area contributed by atoms with E-state index >= 15 is 0 Å². The summed E-state index contributed by atoms with van der Waals surface area (Å²) in [6, 6.07) is 5.55. The standard InChI is InChI=1S/C15H23N3O/c1-10-8-18(9-11(10)2)14-7-12(5-6-13(14)16)15(19)17(3)4/h5-7,10-11H,8-9,16H2,1-4H3. The summed E-state index contributed by atoms with van der Waals surface area (Å²) in [5, 5.41) is 0. The van der Waals surface area contributed by atoms with Crippen molar-refractivity contribution < 1.29 is 4.79 Å². The van der Waals surface area contributed by atoms with Gasteiger partial charge in [0, 0.05) is 32.7 Å². The van der Waals surface area contributed by atoms with Gasteiger partial charge >= 0.3 is 0 Å². The number of hydrogen-bond acceptors (Lipinski definition) is 3. The van der Waals surface area contributed by atoms with Crippen LogP contribution < -0.4 is 10.6 Å². The number of nitrogens with two attached hydrogens (primary N) is 1. The maximum absolute atomic E-state index is 12.0. The molecule has 0 radical (unpaired) electrons. The molecule has 0 bridgehead atoms. The quantitative estimate of drug-likeness (QED) is 0.829. The minimum absolute atomic E-state index is 0.0153. The molecule has 1 aliphatic heterocycles. The highest BCUT2D eigenvalue weighted by Gasteiger charge is 2.27. The fourth-order valence-corrected chi connectivity index (χ4v) is 2.54. The normalized spacial score (nSPS) is 22.6. The van der Waals surface area contributed by atoms with Gasteiger partial charge in [-0.25, -0.2) is 0 Å². The van der Waals surface area contributed by atoms with Gasteiger partial charge < -0.3 is 15.5 Å². The molecule has 4 nitrogen and oxygen atoms in total. The summed E-state index contributed by atoms with van der Waals surface area (Å²) < 4.78 is 0. The first kappa shape index (κ1) is 13.7. The van der Waals surface area contributed by atoms with E-state index in [1.54, 1.807) is 25.1 Å². The summed E-state index contributed by atoms with van der Waals surface area (Å²) in [5.41, 5.74) is 8.50. The third-order valence-corrected chi connectivity index (χ3v) is 4.01. The van der Waals surface area contributed by atoms with E-state index in [4.69, 9.17) is 5.73 Å². The van der Waals surface area contributed by atoms with E-state index in [1.165, 1.54) is 0 Å². The molecule has 0 aliphatic carbocycles. The summed E-state index contributed by atoms with van der Waals surface area (Å²) in [4.78, 5) is 15.9. The molecule has 2 unspecified atom stereocenters. The summed E-state index contributed by atoms with van der Waals surface area (Å²) in [7, 11) is 3.52. The van der Waals surface area contributed by atoms with Crippen LogP contribution in [0.5, 0.6) is 0 Å². The molecule has 0 saturated carbocycles. The maximum Gasteiger partial charge on any atom is 0.253 e. The second-order valence-electron chi connectivity index (χ2n) is 5.83. The van der Waals surface area contributed by atoms with Crippen molar-refractivity contribution in [3.63, 3.8) is 0 Å². The van der Waals surface area contributed by atoms with Crippen molar-refractivity contribution in [3.8, 4) is 0 Å². The molecule has 104 valence electrons. The second-order valence-corrected chi connectivity index (χ2v) is 5.83. The first-order valence-electron chi connectivity index (χ1n) is 6.76. The first-order chi connectivity index (χ1) is 8.90. The number of amides is 1. The van der Waals surface area contributed by atoms with E-state index in [1.807, 2.05) is 12.1 Å². The molecule has 1 amide bonds. The van der Waals surface area contributed by atoms with Crippen molar-refractivity contribution in [2.24, 2.45) is 11.8 Å². The molecular formula is C15H23N3O. The Kier molecular flexibility index (Phi) is 3.69. The average Bonchev–Trinajstić information content (AvgIpc) is 2.69. The molecule has 1 aromatic rings. The highest BCUT2D eigenvalue weighted by Crippen LogP contribution is 2.32. The van der Waals surface area contributed by atoms with Gasteiger partial charge in [0.25, 0.3) is 5.91 Å². The maximum atomic E-state index is 12.0. The predicted molar refractivity (Wildman–Crippen MR) is 79.4 cm³/mol. The SMILES string of the molecule is CC1CN(c2cc(C(=O)N(C)C)ccc2N)CC1C. The molecule has 0 aromatic heterocycles. The summed E-state index contributed by atoms with van der Waals surface area (Å²) in [6.07, 6.45) is 0. The largest absolute Gasteiger partial charge is 0.397 e. The number of rotatable bonds is 2. The van der Waals surface area contributed by atoms with Gasteiger partial charge in [0.1, 0.15) is 0 Å². The summed E-state index contributed by atoms with van der Waals surface area (Å²) >= 11 is 0. The molecule has 2 atom stereocenters. The molecule has 1 saturated heterocycles. The molecule has 2 N–H and O–H groups in total. The molecule has 1 fully saturated rings. The lowest BCUT2D eigenvalue weighted by Gasteiger charge is -2.22. The van der Waals surface area contributed by atoms with Gasteiger partial charge in [0.15, 0.2) is 0 Å². The van der Waals surface area contributed by atoms with E-state index < -0.39 is 0 Å². The number of benzene rings is 1. The number of carbonyl (C=O) groups excluding carboxylic acids is 1. The Morgan fingerprint density at radius 1 is 1.26 bits per heavy atom.